The first kappa shape index (κ1) is 15.2. The SMILES string of the molecule is CCC(C)[Si](C(C)C)(C(C)C)C(C)CC. The van der Waals surface area contributed by atoms with Crippen molar-refractivity contribution < 1.29 is 0 Å². The molecule has 0 N–H and O–H groups in total. The van der Waals surface area contributed by atoms with Crippen LogP contribution in [0.1, 0.15) is 68.2 Å². The van der Waals surface area contributed by atoms with Gasteiger partial charge in [0.1, 0.15) is 0 Å². The van der Waals surface area contributed by atoms with E-state index >= 15 is 0 Å². The Bertz CT molecular complexity index is 152. The van der Waals surface area contributed by atoms with E-state index in [2.05, 4.69) is 55.4 Å². The maximum Gasteiger partial charge on any atom is 0.0643 e. The minimum absolute atomic E-state index is 0.919. The highest BCUT2D eigenvalue weighted by atomic mass is 28.3. The zero-order valence-electron chi connectivity index (χ0n) is 12.2. The molecule has 0 spiro atoms. The van der Waals surface area contributed by atoms with Crippen LogP contribution in [0.3, 0.4) is 0 Å². The average Bonchev–Trinajstić information content (AvgIpc) is 2.16. The molecule has 0 heterocycles. The first-order valence-corrected chi connectivity index (χ1v) is 9.16. The third-order valence-corrected chi connectivity index (χ3v) is 13.2. The molecule has 0 aromatic rings. The zero-order valence-corrected chi connectivity index (χ0v) is 13.2. The van der Waals surface area contributed by atoms with Gasteiger partial charge in [-0.05, 0) is 11.1 Å². The Morgan fingerprint density at radius 1 is 0.667 bits per heavy atom. The number of rotatable bonds is 6. The molecule has 0 bridgehead atoms. The number of hydrogen-bond donors (Lipinski definition) is 0. The molecule has 0 aliphatic heterocycles. The highest BCUT2D eigenvalue weighted by molar-refractivity contribution is 6.84. The smallest absolute Gasteiger partial charge is 0.0643 e. The Kier molecular flexibility index (Phi) is 6.16. The van der Waals surface area contributed by atoms with E-state index in [9.17, 15) is 0 Å². The fraction of sp³-hybridized carbons (Fsp3) is 1.00. The number of hydrogen-bond acceptors (Lipinski definition) is 0. The Morgan fingerprint density at radius 2 is 0.933 bits per heavy atom. The van der Waals surface area contributed by atoms with E-state index in [1.165, 1.54) is 12.8 Å². The summed E-state index contributed by atoms with van der Waals surface area (Å²) in [5, 5.41) is 0. The zero-order chi connectivity index (χ0) is 12.2. The largest absolute Gasteiger partial charge is 0.0654 e. The van der Waals surface area contributed by atoms with Crippen LogP contribution in [0.4, 0.5) is 0 Å². The lowest BCUT2D eigenvalue weighted by atomic mass is 10.3. The van der Waals surface area contributed by atoms with Crippen molar-refractivity contribution in [2.45, 2.75) is 90.4 Å². The summed E-state index contributed by atoms with van der Waals surface area (Å²) in [6.45, 7) is 19.7. The van der Waals surface area contributed by atoms with Crippen LogP contribution < -0.4 is 0 Å². The second-order valence-electron chi connectivity index (χ2n) is 5.93. The molecule has 0 aromatic heterocycles. The van der Waals surface area contributed by atoms with Crippen LogP contribution in [0.15, 0.2) is 0 Å². The standard InChI is InChI=1S/C14H32Si/c1-9-13(7)15(11(3)4,12(5)6)14(8)10-2/h11-14H,9-10H2,1-8H3. The van der Waals surface area contributed by atoms with E-state index in [-0.39, 0.29) is 0 Å². The van der Waals surface area contributed by atoms with E-state index in [4.69, 9.17) is 0 Å². The molecule has 0 amide bonds. The van der Waals surface area contributed by atoms with Gasteiger partial charge in [0.15, 0.2) is 0 Å². The van der Waals surface area contributed by atoms with Crippen molar-refractivity contribution >= 4 is 8.07 Å². The maximum absolute atomic E-state index is 2.51. The molecule has 0 aliphatic carbocycles. The van der Waals surface area contributed by atoms with Gasteiger partial charge in [0.2, 0.25) is 0 Å². The molecule has 0 rings (SSSR count). The summed E-state index contributed by atoms with van der Waals surface area (Å²) in [7, 11) is -1.16. The summed E-state index contributed by atoms with van der Waals surface area (Å²) >= 11 is 0. The average molecular weight is 228 g/mol. The normalized spacial score (nSPS) is 17.2. The molecule has 0 nitrogen and oxygen atoms in total. The second-order valence-corrected chi connectivity index (χ2v) is 12.2. The van der Waals surface area contributed by atoms with Gasteiger partial charge >= 0.3 is 0 Å². The summed E-state index contributed by atoms with van der Waals surface area (Å²) in [5.41, 5.74) is 3.77. The third-order valence-electron chi connectivity index (χ3n) is 4.93. The van der Waals surface area contributed by atoms with E-state index in [0.29, 0.717) is 0 Å². The summed E-state index contributed by atoms with van der Waals surface area (Å²) < 4.78 is 0. The van der Waals surface area contributed by atoms with E-state index in [1.54, 1.807) is 0 Å². The quantitative estimate of drug-likeness (QED) is 0.500. The fourth-order valence-electron chi connectivity index (χ4n) is 4.14. The summed E-state index contributed by atoms with van der Waals surface area (Å²) in [6.07, 6.45) is 2.74. The highest BCUT2D eigenvalue weighted by Gasteiger charge is 2.46. The molecular weight excluding hydrogens is 196 g/mol. The first-order chi connectivity index (χ1) is 6.85. The monoisotopic (exact) mass is 228 g/mol. The molecular formula is C14H32Si. The maximum atomic E-state index is 2.51. The fourth-order valence-corrected chi connectivity index (χ4v) is 12.4. The molecule has 0 radical (unpaired) electrons. The van der Waals surface area contributed by atoms with Crippen molar-refractivity contribution in [3.8, 4) is 0 Å². The van der Waals surface area contributed by atoms with Crippen LogP contribution in [0.5, 0.6) is 0 Å². The van der Waals surface area contributed by atoms with Crippen molar-refractivity contribution in [1.29, 1.82) is 0 Å². The van der Waals surface area contributed by atoms with Crippen LogP contribution >= 0.6 is 0 Å². The van der Waals surface area contributed by atoms with Crippen LogP contribution in [0.2, 0.25) is 22.2 Å². The molecule has 92 valence electrons. The summed E-state index contributed by atoms with van der Waals surface area (Å²) in [5.74, 6) is 0. The van der Waals surface area contributed by atoms with Crippen molar-refractivity contribution in [3.63, 3.8) is 0 Å². The molecule has 0 aromatic carbocycles. The minimum Gasteiger partial charge on any atom is -0.0654 e. The van der Waals surface area contributed by atoms with Gasteiger partial charge in [-0.15, -0.1) is 0 Å². The Balaban J connectivity index is 5.26. The van der Waals surface area contributed by atoms with Gasteiger partial charge < -0.3 is 0 Å². The van der Waals surface area contributed by atoms with Crippen molar-refractivity contribution in [2.24, 2.45) is 0 Å². The second kappa shape index (κ2) is 6.08. The Labute approximate surface area is 98.9 Å². The lowest BCUT2D eigenvalue weighted by Crippen LogP contribution is -2.48. The predicted octanol–water partition coefficient (Wildman–Crippen LogP) is 5.86. The van der Waals surface area contributed by atoms with Gasteiger partial charge in [-0.1, -0.05) is 79.3 Å². The van der Waals surface area contributed by atoms with Gasteiger partial charge in [0.05, 0.1) is 8.07 Å². The van der Waals surface area contributed by atoms with Gasteiger partial charge in [0.25, 0.3) is 0 Å². The van der Waals surface area contributed by atoms with Gasteiger partial charge in [-0.3, -0.25) is 0 Å². The highest BCUT2D eigenvalue weighted by Crippen LogP contribution is 2.51. The van der Waals surface area contributed by atoms with E-state index in [0.717, 1.165) is 22.2 Å². The Hall–Kier alpha value is 0.217. The molecule has 15 heavy (non-hydrogen) atoms. The predicted molar refractivity (Wildman–Crippen MR) is 75.4 cm³/mol. The lowest BCUT2D eigenvalue weighted by molar-refractivity contribution is 0.677. The molecule has 2 atom stereocenters. The van der Waals surface area contributed by atoms with E-state index in [1.807, 2.05) is 0 Å². The summed E-state index contributed by atoms with van der Waals surface area (Å²) in [4.78, 5) is 0. The topological polar surface area (TPSA) is 0 Å². The van der Waals surface area contributed by atoms with Crippen molar-refractivity contribution in [2.75, 3.05) is 0 Å². The van der Waals surface area contributed by atoms with Crippen molar-refractivity contribution in [3.05, 3.63) is 0 Å². The molecule has 2 unspecified atom stereocenters. The first-order valence-electron chi connectivity index (χ1n) is 6.85. The third kappa shape index (κ3) is 2.67. The molecule has 0 aliphatic rings. The van der Waals surface area contributed by atoms with Crippen LogP contribution in [-0.4, -0.2) is 8.07 Å². The molecule has 0 saturated heterocycles. The van der Waals surface area contributed by atoms with Crippen molar-refractivity contribution in [1.82, 2.24) is 0 Å². The van der Waals surface area contributed by atoms with Crippen LogP contribution in [0.25, 0.3) is 0 Å². The molecule has 0 fully saturated rings. The van der Waals surface area contributed by atoms with Gasteiger partial charge in [0, 0.05) is 0 Å². The minimum atomic E-state index is -1.16. The van der Waals surface area contributed by atoms with Gasteiger partial charge in [-0.25, -0.2) is 0 Å². The molecule has 0 saturated carbocycles. The van der Waals surface area contributed by atoms with Crippen LogP contribution in [0, 0.1) is 0 Å². The van der Waals surface area contributed by atoms with Crippen LogP contribution in [-0.2, 0) is 0 Å². The van der Waals surface area contributed by atoms with Gasteiger partial charge in [-0.2, -0.15) is 0 Å². The molecule has 1 heteroatoms. The summed E-state index contributed by atoms with van der Waals surface area (Å²) in [6, 6.07) is 0. The lowest BCUT2D eigenvalue weighted by Gasteiger charge is -2.48. The van der Waals surface area contributed by atoms with E-state index < -0.39 is 8.07 Å². The Morgan fingerprint density at radius 3 is 1.07 bits per heavy atom.